The Balaban J connectivity index is 3.01. The van der Waals surface area contributed by atoms with Crippen molar-refractivity contribution < 1.29 is 18.7 Å². The summed E-state index contributed by atoms with van der Waals surface area (Å²) in [6.07, 6.45) is 5.69. The lowest BCUT2D eigenvalue weighted by atomic mass is 10.1. The van der Waals surface area contributed by atoms with E-state index in [1.807, 2.05) is 6.92 Å². The summed E-state index contributed by atoms with van der Waals surface area (Å²) in [5.74, 6) is 0.947. The quantitative estimate of drug-likeness (QED) is 0.494. The van der Waals surface area contributed by atoms with Gasteiger partial charge in [-0.05, 0) is 12.5 Å². The third-order valence-corrected chi connectivity index (χ3v) is 2.08. The molecule has 0 aliphatic carbocycles. The molecule has 96 valence electrons. The lowest BCUT2D eigenvalue weighted by Gasteiger charge is -2.11. The zero-order valence-electron chi connectivity index (χ0n) is 10.0. The molecule has 1 aromatic rings. The summed E-state index contributed by atoms with van der Waals surface area (Å²) in [4.78, 5) is 11.6. The van der Waals surface area contributed by atoms with Crippen molar-refractivity contribution in [1.82, 2.24) is 0 Å². The van der Waals surface area contributed by atoms with Gasteiger partial charge in [0.05, 0.1) is 17.9 Å². The molecule has 0 spiro atoms. The van der Waals surface area contributed by atoms with E-state index in [2.05, 4.69) is 5.92 Å². The van der Waals surface area contributed by atoms with Crippen LogP contribution in [0, 0.1) is 18.2 Å². The van der Waals surface area contributed by atoms with Crippen LogP contribution in [0.1, 0.15) is 23.7 Å². The van der Waals surface area contributed by atoms with Gasteiger partial charge in [-0.2, -0.15) is 0 Å². The number of hydrogen-bond acceptors (Lipinski definition) is 4. The van der Waals surface area contributed by atoms with E-state index >= 15 is 0 Å². The molecule has 18 heavy (non-hydrogen) atoms. The van der Waals surface area contributed by atoms with Gasteiger partial charge in [-0.15, -0.1) is 6.42 Å². The summed E-state index contributed by atoms with van der Waals surface area (Å²) < 4.78 is 23.3. The molecule has 0 amide bonds. The van der Waals surface area contributed by atoms with Crippen molar-refractivity contribution in [2.75, 3.05) is 18.9 Å². The maximum absolute atomic E-state index is 13.3. The Bertz CT molecular complexity index is 480. The highest BCUT2D eigenvalue weighted by Crippen LogP contribution is 2.27. The van der Waals surface area contributed by atoms with E-state index in [0.717, 1.165) is 12.1 Å². The summed E-state index contributed by atoms with van der Waals surface area (Å²) in [7, 11) is 0. The smallest absolute Gasteiger partial charge is 0.340 e. The Morgan fingerprint density at radius 3 is 2.89 bits per heavy atom. The maximum Gasteiger partial charge on any atom is 0.340 e. The van der Waals surface area contributed by atoms with Crippen LogP contribution in [0.3, 0.4) is 0 Å². The minimum atomic E-state index is -0.681. The van der Waals surface area contributed by atoms with Crippen molar-refractivity contribution >= 4 is 11.7 Å². The Kier molecular flexibility index (Phi) is 5.00. The first-order valence-electron chi connectivity index (χ1n) is 5.42. The van der Waals surface area contributed by atoms with Gasteiger partial charge in [-0.1, -0.05) is 12.8 Å². The number of terminal acetylenes is 1. The number of nitrogens with two attached hydrogens (primary N) is 1. The second-order valence-corrected chi connectivity index (χ2v) is 3.49. The molecule has 4 nitrogen and oxygen atoms in total. The van der Waals surface area contributed by atoms with Crippen molar-refractivity contribution in [2.24, 2.45) is 0 Å². The zero-order chi connectivity index (χ0) is 13.5. The highest BCUT2D eigenvalue weighted by Gasteiger charge is 2.17. The van der Waals surface area contributed by atoms with E-state index in [1.165, 1.54) is 0 Å². The van der Waals surface area contributed by atoms with Gasteiger partial charge in [0.15, 0.2) is 0 Å². The normalized spacial score (nSPS) is 9.61. The molecule has 5 heteroatoms. The minimum Gasteiger partial charge on any atom is -0.479 e. The van der Waals surface area contributed by atoms with Gasteiger partial charge < -0.3 is 15.2 Å². The zero-order valence-corrected chi connectivity index (χ0v) is 10.0. The van der Waals surface area contributed by atoms with Gasteiger partial charge in [0.25, 0.3) is 0 Å². The van der Waals surface area contributed by atoms with Crippen molar-refractivity contribution in [1.29, 1.82) is 0 Å². The molecule has 0 fully saturated rings. The first kappa shape index (κ1) is 13.8. The van der Waals surface area contributed by atoms with Crippen LogP contribution in [0.2, 0.25) is 0 Å². The van der Waals surface area contributed by atoms with Gasteiger partial charge in [0.2, 0.25) is 0 Å². The van der Waals surface area contributed by atoms with Crippen molar-refractivity contribution in [3.63, 3.8) is 0 Å². The first-order valence-corrected chi connectivity index (χ1v) is 5.42. The second-order valence-electron chi connectivity index (χ2n) is 3.49. The predicted molar refractivity (Wildman–Crippen MR) is 65.7 cm³/mol. The van der Waals surface area contributed by atoms with Crippen LogP contribution in [0.5, 0.6) is 5.75 Å². The lowest BCUT2D eigenvalue weighted by molar-refractivity contribution is 0.0505. The Labute approximate surface area is 105 Å². The Morgan fingerprint density at radius 1 is 1.56 bits per heavy atom. The van der Waals surface area contributed by atoms with Crippen LogP contribution in [-0.2, 0) is 4.74 Å². The Hall–Kier alpha value is -2.22. The van der Waals surface area contributed by atoms with E-state index < -0.39 is 11.8 Å². The number of hydrogen-bond donors (Lipinski definition) is 1. The second kappa shape index (κ2) is 6.50. The predicted octanol–water partition coefficient (Wildman–Crippen LogP) is 1.99. The number of rotatable bonds is 5. The molecular weight excluding hydrogens is 237 g/mol. The molecule has 0 saturated carbocycles. The van der Waals surface area contributed by atoms with Gasteiger partial charge in [0, 0.05) is 6.07 Å². The van der Waals surface area contributed by atoms with E-state index in [-0.39, 0.29) is 30.2 Å². The van der Waals surface area contributed by atoms with Gasteiger partial charge in [-0.25, -0.2) is 9.18 Å². The highest BCUT2D eigenvalue weighted by molar-refractivity contribution is 5.96. The largest absolute Gasteiger partial charge is 0.479 e. The molecule has 0 unspecified atom stereocenters. The molecule has 0 bridgehead atoms. The van der Waals surface area contributed by atoms with Crippen molar-refractivity contribution in [3.05, 3.63) is 23.5 Å². The fourth-order valence-electron chi connectivity index (χ4n) is 1.27. The summed E-state index contributed by atoms with van der Waals surface area (Å²) in [6.45, 7) is 2.04. The number of esters is 1. The topological polar surface area (TPSA) is 61.5 Å². The fraction of sp³-hybridized carbons (Fsp3) is 0.308. The van der Waals surface area contributed by atoms with Gasteiger partial charge in [-0.3, -0.25) is 0 Å². The average Bonchev–Trinajstić information content (AvgIpc) is 2.36. The van der Waals surface area contributed by atoms with E-state index in [0.29, 0.717) is 6.42 Å². The first-order chi connectivity index (χ1) is 8.60. The number of anilines is 1. The van der Waals surface area contributed by atoms with Crippen LogP contribution in [-0.4, -0.2) is 19.2 Å². The standard InChI is InChI=1S/C13H14FNO3/c1-3-5-17-11-8-9(14)7-10(12(11)15)13(16)18-6-4-2/h1,7-8H,4-6,15H2,2H3. The molecule has 0 atom stereocenters. The van der Waals surface area contributed by atoms with Crippen LogP contribution in [0.25, 0.3) is 0 Å². The minimum absolute atomic E-state index is 0.0211. The SMILES string of the molecule is C#CCOc1cc(F)cc(C(=O)OCCC)c1N. The molecule has 0 aliphatic heterocycles. The maximum atomic E-state index is 13.3. The number of benzene rings is 1. The Morgan fingerprint density at radius 2 is 2.28 bits per heavy atom. The number of nitrogen functional groups attached to an aromatic ring is 1. The highest BCUT2D eigenvalue weighted by atomic mass is 19.1. The summed E-state index contributed by atoms with van der Waals surface area (Å²) >= 11 is 0. The lowest BCUT2D eigenvalue weighted by Crippen LogP contribution is -2.11. The number of carbonyl (C=O) groups is 1. The molecule has 1 aromatic carbocycles. The van der Waals surface area contributed by atoms with Crippen molar-refractivity contribution in [3.8, 4) is 18.1 Å². The van der Waals surface area contributed by atoms with Crippen LogP contribution in [0.4, 0.5) is 10.1 Å². The third-order valence-electron chi connectivity index (χ3n) is 2.08. The van der Waals surface area contributed by atoms with Gasteiger partial charge >= 0.3 is 5.97 Å². The third kappa shape index (κ3) is 3.39. The van der Waals surface area contributed by atoms with E-state index in [9.17, 15) is 9.18 Å². The molecule has 0 radical (unpaired) electrons. The summed E-state index contributed by atoms with van der Waals surface area (Å²) in [6, 6.07) is 2.08. The number of ether oxygens (including phenoxy) is 2. The monoisotopic (exact) mass is 251 g/mol. The van der Waals surface area contributed by atoms with Crippen LogP contribution >= 0.6 is 0 Å². The average molecular weight is 251 g/mol. The fourth-order valence-corrected chi connectivity index (χ4v) is 1.27. The summed E-state index contributed by atoms with van der Waals surface area (Å²) in [5.41, 5.74) is 5.67. The van der Waals surface area contributed by atoms with Crippen LogP contribution in [0.15, 0.2) is 12.1 Å². The number of carbonyl (C=O) groups excluding carboxylic acids is 1. The number of halogens is 1. The molecule has 0 heterocycles. The van der Waals surface area contributed by atoms with Crippen molar-refractivity contribution in [2.45, 2.75) is 13.3 Å². The molecule has 0 aliphatic rings. The van der Waals surface area contributed by atoms with E-state index in [4.69, 9.17) is 21.6 Å². The van der Waals surface area contributed by atoms with Crippen LogP contribution < -0.4 is 10.5 Å². The summed E-state index contributed by atoms with van der Waals surface area (Å²) in [5, 5.41) is 0. The molecule has 0 aromatic heterocycles. The molecule has 0 saturated heterocycles. The molecular formula is C13H14FNO3. The molecule has 2 N–H and O–H groups in total. The van der Waals surface area contributed by atoms with Gasteiger partial charge in [0.1, 0.15) is 18.2 Å². The molecule has 1 rings (SSSR count). The van der Waals surface area contributed by atoms with E-state index in [1.54, 1.807) is 0 Å².